The molecule has 1 aliphatic rings. The zero-order valence-electron chi connectivity index (χ0n) is 9.93. The second-order valence-corrected chi connectivity index (χ2v) is 4.56. The van der Waals surface area contributed by atoms with Crippen LogP contribution in [0.15, 0.2) is 18.2 Å². The Hall–Kier alpha value is -1.62. The zero-order valence-corrected chi connectivity index (χ0v) is 9.93. The third kappa shape index (κ3) is 2.39. The van der Waals surface area contributed by atoms with Crippen molar-refractivity contribution in [3.63, 3.8) is 0 Å². The number of nitro groups is 1. The van der Waals surface area contributed by atoms with Crippen LogP contribution in [0, 0.1) is 23.0 Å². The van der Waals surface area contributed by atoms with Crippen LogP contribution in [0.2, 0.25) is 0 Å². The standard InChI is InChI=1S/C12H17N3O2/c1-9-2-3-11(15(16)17)6-12(9)14-5-4-10(7-13)8-14/h2-3,6,10H,4-5,7-8,13H2,1H3. The monoisotopic (exact) mass is 235 g/mol. The lowest BCUT2D eigenvalue weighted by atomic mass is 10.1. The van der Waals surface area contributed by atoms with Crippen LogP contribution >= 0.6 is 0 Å². The first-order chi connectivity index (χ1) is 8.11. The molecule has 2 N–H and O–H groups in total. The van der Waals surface area contributed by atoms with Gasteiger partial charge < -0.3 is 10.6 Å². The number of aryl methyl sites for hydroxylation is 1. The summed E-state index contributed by atoms with van der Waals surface area (Å²) in [4.78, 5) is 12.6. The van der Waals surface area contributed by atoms with Gasteiger partial charge in [-0.25, -0.2) is 0 Å². The van der Waals surface area contributed by atoms with Crippen molar-refractivity contribution in [2.75, 3.05) is 24.5 Å². The van der Waals surface area contributed by atoms with Gasteiger partial charge >= 0.3 is 0 Å². The first kappa shape index (κ1) is 11.9. The molecule has 2 rings (SSSR count). The van der Waals surface area contributed by atoms with Crippen LogP contribution in [-0.2, 0) is 0 Å². The van der Waals surface area contributed by atoms with Gasteiger partial charge in [-0.2, -0.15) is 0 Å². The highest BCUT2D eigenvalue weighted by atomic mass is 16.6. The Morgan fingerprint density at radius 1 is 1.59 bits per heavy atom. The van der Waals surface area contributed by atoms with Gasteiger partial charge in [-0.15, -0.1) is 0 Å². The fourth-order valence-electron chi connectivity index (χ4n) is 2.30. The molecule has 0 amide bonds. The van der Waals surface area contributed by atoms with Crippen LogP contribution in [0.3, 0.4) is 0 Å². The predicted molar refractivity (Wildman–Crippen MR) is 67.2 cm³/mol. The Morgan fingerprint density at radius 2 is 2.35 bits per heavy atom. The number of benzene rings is 1. The maximum Gasteiger partial charge on any atom is 0.271 e. The number of hydrogen-bond acceptors (Lipinski definition) is 4. The molecule has 1 unspecified atom stereocenters. The Balaban J connectivity index is 2.25. The normalized spacial score (nSPS) is 19.6. The maximum absolute atomic E-state index is 10.8. The summed E-state index contributed by atoms with van der Waals surface area (Å²) >= 11 is 0. The molecule has 1 heterocycles. The molecule has 1 saturated heterocycles. The van der Waals surface area contributed by atoms with Crippen LogP contribution in [-0.4, -0.2) is 24.6 Å². The fourth-order valence-corrected chi connectivity index (χ4v) is 2.30. The SMILES string of the molecule is Cc1ccc([N+](=O)[O-])cc1N1CCC(CN)C1. The van der Waals surface area contributed by atoms with E-state index in [0.717, 1.165) is 30.8 Å². The van der Waals surface area contributed by atoms with Crippen molar-refractivity contribution in [2.24, 2.45) is 11.7 Å². The summed E-state index contributed by atoms with van der Waals surface area (Å²) in [5.74, 6) is 0.508. The third-order valence-electron chi connectivity index (χ3n) is 3.36. The van der Waals surface area contributed by atoms with Crippen LogP contribution in [0.5, 0.6) is 0 Å². The van der Waals surface area contributed by atoms with E-state index in [0.29, 0.717) is 12.5 Å². The molecule has 1 aromatic rings. The Morgan fingerprint density at radius 3 is 2.94 bits per heavy atom. The Kier molecular flexibility index (Phi) is 3.28. The number of nitro benzene ring substituents is 1. The van der Waals surface area contributed by atoms with Crippen LogP contribution in [0.1, 0.15) is 12.0 Å². The average Bonchev–Trinajstić information content (AvgIpc) is 2.77. The molecule has 1 aliphatic heterocycles. The van der Waals surface area contributed by atoms with Crippen molar-refractivity contribution in [1.29, 1.82) is 0 Å². The van der Waals surface area contributed by atoms with Crippen LogP contribution < -0.4 is 10.6 Å². The molecule has 0 spiro atoms. The van der Waals surface area contributed by atoms with Gasteiger partial charge in [0.1, 0.15) is 0 Å². The van der Waals surface area contributed by atoms with Gasteiger partial charge in [-0.05, 0) is 31.4 Å². The van der Waals surface area contributed by atoms with E-state index in [1.807, 2.05) is 13.0 Å². The second kappa shape index (κ2) is 4.71. The lowest BCUT2D eigenvalue weighted by molar-refractivity contribution is -0.384. The lowest BCUT2D eigenvalue weighted by Crippen LogP contribution is -2.23. The van der Waals surface area contributed by atoms with Crippen LogP contribution in [0.4, 0.5) is 11.4 Å². The third-order valence-corrected chi connectivity index (χ3v) is 3.36. The van der Waals surface area contributed by atoms with Crippen molar-refractivity contribution < 1.29 is 4.92 Å². The highest BCUT2D eigenvalue weighted by Crippen LogP contribution is 2.29. The fraction of sp³-hybridized carbons (Fsp3) is 0.500. The quantitative estimate of drug-likeness (QED) is 0.639. The summed E-state index contributed by atoms with van der Waals surface area (Å²) < 4.78 is 0. The summed E-state index contributed by atoms with van der Waals surface area (Å²) in [6.45, 7) is 4.50. The molecule has 1 atom stereocenters. The molecule has 92 valence electrons. The predicted octanol–water partition coefficient (Wildman–Crippen LogP) is 1.69. The van der Waals surface area contributed by atoms with E-state index in [2.05, 4.69) is 4.90 Å². The molecule has 1 fully saturated rings. The number of nitrogens with two attached hydrogens (primary N) is 1. The number of non-ortho nitro benzene ring substituents is 1. The molecule has 0 radical (unpaired) electrons. The maximum atomic E-state index is 10.8. The molecule has 1 aromatic carbocycles. The average molecular weight is 235 g/mol. The van der Waals surface area contributed by atoms with Crippen molar-refractivity contribution in [3.05, 3.63) is 33.9 Å². The van der Waals surface area contributed by atoms with Crippen molar-refractivity contribution >= 4 is 11.4 Å². The van der Waals surface area contributed by atoms with Gasteiger partial charge in [0.05, 0.1) is 4.92 Å². The van der Waals surface area contributed by atoms with Crippen molar-refractivity contribution in [2.45, 2.75) is 13.3 Å². The van der Waals surface area contributed by atoms with Gasteiger partial charge in [0, 0.05) is 30.9 Å². The van der Waals surface area contributed by atoms with Crippen LogP contribution in [0.25, 0.3) is 0 Å². The largest absolute Gasteiger partial charge is 0.371 e. The van der Waals surface area contributed by atoms with Gasteiger partial charge in [0.2, 0.25) is 0 Å². The Bertz CT molecular complexity index is 434. The minimum absolute atomic E-state index is 0.154. The molecule has 0 aromatic heterocycles. The van der Waals surface area contributed by atoms with E-state index < -0.39 is 0 Å². The highest BCUT2D eigenvalue weighted by Gasteiger charge is 2.23. The van der Waals surface area contributed by atoms with Crippen molar-refractivity contribution in [1.82, 2.24) is 0 Å². The first-order valence-corrected chi connectivity index (χ1v) is 5.82. The van der Waals surface area contributed by atoms with Crippen molar-refractivity contribution in [3.8, 4) is 0 Å². The minimum atomic E-state index is -0.348. The first-order valence-electron chi connectivity index (χ1n) is 5.82. The number of hydrogen-bond donors (Lipinski definition) is 1. The number of anilines is 1. The van der Waals surface area contributed by atoms with Gasteiger partial charge in [-0.1, -0.05) is 6.07 Å². The molecule has 17 heavy (non-hydrogen) atoms. The van der Waals surface area contributed by atoms with E-state index in [4.69, 9.17) is 5.73 Å². The molecule has 5 nitrogen and oxygen atoms in total. The van der Waals surface area contributed by atoms with E-state index in [1.165, 1.54) is 0 Å². The summed E-state index contributed by atoms with van der Waals surface area (Å²) in [5, 5.41) is 10.8. The molecule has 0 aliphatic carbocycles. The minimum Gasteiger partial charge on any atom is -0.371 e. The number of nitrogens with zero attached hydrogens (tertiary/aromatic N) is 2. The second-order valence-electron chi connectivity index (χ2n) is 4.56. The summed E-state index contributed by atoms with van der Waals surface area (Å²) in [5.41, 5.74) is 7.85. The highest BCUT2D eigenvalue weighted by molar-refractivity contribution is 5.59. The van der Waals surface area contributed by atoms with Gasteiger partial charge in [0.25, 0.3) is 5.69 Å². The molecular weight excluding hydrogens is 218 g/mol. The zero-order chi connectivity index (χ0) is 12.4. The Labute approximate surface area is 100 Å². The summed E-state index contributed by atoms with van der Waals surface area (Å²) in [6.07, 6.45) is 1.07. The molecule has 0 bridgehead atoms. The topological polar surface area (TPSA) is 72.4 Å². The van der Waals surface area contributed by atoms with E-state index >= 15 is 0 Å². The molecule has 5 heteroatoms. The summed E-state index contributed by atoms with van der Waals surface area (Å²) in [7, 11) is 0. The van der Waals surface area contributed by atoms with Gasteiger partial charge in [-0.3, -0.25) is 10.1 Å². The van der Waals surface area contributed by atoms with E-state index in [-0.39, 0.29) is 10.6 Å². The lowest BCUT2D eigenvalue weighted by Gasteiger charge is -2.20. The van der Waals surface area contributed by atoms with E-state index in [9.17, 15) is 10.1 Å². The molecule has 0 saturated carbocycles. The summed E-state index contributed by atoms with van der Waals surface area (Å²) in [6, 6.07) is 5.02. The van der Waals surface area contributed by atoms with E-state index in [1.54, 1.807) is 12.1 Å². The smallest absolute Gasteiger partial charge is 0.271 e. The molecular formula is C12H17N3O2. The number of rotatable bonds is 3. The van der Waals surface area contributed by atoms with Gasteiger partial charge in [0.15, 0.2) is 0 Å².